The lowest BCUT2D eigenvalue weighted by molar-refractivity contribution is -0.174. The van der Waals surface area contributed by atoms with Crippen LogP contribution in [0.4, 0.5) is 13.2 Å². The van der Waals surface area contributed by atoms with Crippen molar-refractivity contribution in [2.45, 2.75) is 12.2 Å². The molecular formula is C12H11BrF3NOS. The van der Waals surface area contributed by atoms with Gasteiger partial charge in [0.15, 0.2) is 0 Å². The number of fused-ring (bicyclic) bond motifs is 1. The smallest absolute Gasteiger partial charge is 0.370 e. The molecule has 0 saturated heterocycles. The summed E-state index contributed by atoms with van der Waals surface area (Å²) in [4.78, 5) is 0. The van der Waals surface area contributed by atoms with E-state index in [0.717, 1.165) is 20.1 Å². The molecule has 0 aliphatic rings. The zero-order chi connectivity index (χ0) is 14.0. The van der Waals surface area contributed by atoms with Gasteiger partial charge in [-0.15, -0.1) is 11.3 Å². The lowest BCUT2D eigenvalue weighted by atomic mass is 10.1. The summed E-state index contributed by atoms with van der Waals surface area (Å²) in [5, 5.41) is 2.80. The van der Waals surface area contributed by atoms with Gasteiger partial charge < -0.3 is 10.5 Å². The van der Waals surface area contributed by atoms with Crippen molar-refractivity contribution in [2.75, 3.05) is 13.2 Å². The molecule has 1 heterocycles. The van der Waals surface area contributed by atoms with Crippen LogP contribution in [0.5, 0.6) is 0 Å². The van der Waals surface area contributed by atoms with Crippen molar-refractivity contribution in [3.8, 4) is 0 Å². The van der Waals surface area contributed by atoms with E-state index in [2.05, 4.69) is 20.7 Å². The Balaban J connectivity index is 2.09. The van der Waals surface area contributed by atoms with E-state index in [1.165, 1.54) is 11.3 Å². The first kappa shape index (κ1) is 14.8. The van der Waals surface area contributed by atoms with Crippen molar-refractivity contribution < 1.29 is 17.9 Å². The van der Waals surface area contributed by atoms with E-state index in [1.54, 1.807) is 0 Å². The van der Waals surface area contributed by atoms with Crippen LogP contribution in [0.3, 0.4) is 0 Å². The first-order valence-electron chi connectivity index (χ1n) is 5.44. The Kier molecular flexibility index (Phi) is 4.50. The molecule has 0 aliphatic carbocycles. The van der Waals surface area contributed by atoms with Gasteiger partial charge in [0.2, 0.25) is 0 Å². The minimum absolute atomic E-state index is 0.155. The van der Waals surface area contributed by atoms with Crippen LogP contribution in [-0.4, -0.2) is 19.4 Å². The number of thiophene rings is 1. The fourth-order valence-electron chi connectivity index (χ4n) is 1.72. The molecule has 2 N–H and O–H groups in total. The standard InChI is InChI=1S/C12H11BrF3NOS/c13-9-3-1-2-7-8(5-19-11(7)9)10(17)4-18-6-12(14,15)16/h1-3,5,10H,4,6,17H2. The second-order valence-electron chi connectivity index (χ2n) is 4.04. The second-order valence-corrected chi connectivity index (χ2v) is 5.78. The average Bonchev–Trinajstić information content (AvgIpc) is 2.72. The lowest BCUT2D eigenvalue weighted by Crippen LogP contribution is -2.23. The molecule has 2 nitrogen and oxygen atoms in total. The van der Waals surface area contributed by atoms with Crippen LogP contribution >= 0.6 is 27.3 Å². The van der Waals surface area contributed by atoms with E-state index >= 15 is 0 Å². The van der Waals surface area contributed by atoms with Crippen LogP contribution in [0.2, 0.25) is 0 Å². The van der Waals surface area contributed by atoms with Gasteiger partial charge in [-0.3, -0.25) is 0 Å². The summed E-state index contributed by atoms with van der Waals surface area (Å²) in [7, 11) is 0. The molecule has 0 saturated carbocycles. The number of alkyl halides is 3. The Morgan fingerprint density at radius 3 is 2.79 bits per heavy atom. The topological polar surface area (TPSA) is 35.2 Å². The molecule has 2 rings (SSSR count). The molecule has 7 heteroatoms. The fourth-order valence-corrected chi connectivity index (χ4v) is 3.41. The number of ether oxygens (including phenoxy) is 1. The Morgan fingerprint density at radius 2 is 2.11 bits per heavy atom. The fraction of sp³-hybridized carbons (Fsp3) is 0.333. The van der Waals surface area contributed by atoms with Crippen molar-refractivity contribution >= 4 is 37.4 Å². The van der Waals surface area contributed by atoms with Gasteiger partial charge in [-0.2, -0.15) is 13.2 Å². The Bertz CT molecular complexity index is 570. The molecule has 1 atom stereocenters. The minimum atomic E-state index is -4.32. The van der Waals surface area contributed by atoms with Crippen molar-refractivity contribution in [3.05, 3.63) is 33.6 Å². The number of hydrogen-bond acceptors (Lipinski definition) is 3. The van der Waals surface area contributed by atoms with E-state index in [9.17, 15) is 13.2 Å². The Labute approximate surface area is 120 Å². The summed E-state index contributed by atoms with van der Waals surface area (Å²) in [5.41, 5.74) is 6.69. The summed E-state index contributed by atoms with van der Waals surface area (Å²) in [5.74, 6) is 0. The van der Waals surface area contributed by atoms with Gasteiger partial charge in [-0.05, 0) is 38.3 Å². The maximum atomic E-state index is 12.0. The third-order valence-electron chi connectivity index (χ3n) is 2.54. The third kappa shape index (κ3) is 3.68. The highest BCUT2D eigenvalue weighted by molar-refractivity contribution is 9.10. The number of halogens is 4. The monoisotopic (exact) mass is 353 g/mol. The maximum absolute atomic E-state index is 12.0. The molecule has 0 fully saturated rings. The van der Waals surface area contributed by atoms with Crippen molar-refractivity contribution in [2.24, 2.45) is 5.73 Å². The van der Waals surface area contributed by atoms with Crippen LogP contribution in [0.1, 0.15) is 11.6 Å². The molecule has 104 valence electrons. The van der Waals surface area contributed by atoms with E-state index < -0.39 is 18.8 Å². The summed E-state index contributed by atoms with van der Waals surface area (Å²) in [6.45, 7) is -1.43. The van der Waals surface area contributed by atoms with E-state index in [4.69, 9.17) is 5.73 Å². The zero-order valence-electron chi connectivity index (χ0n) is 9.71. The summed E-state index contributed by atoms with van der Waals surface area (Å²) >= 11 is 4.93. The molecular weight excluding hydrogens is 343 g/mol. The number of nitrogens with two attached hydrogens (primary N) is 1. The predicted octanol–water partition coefficient (Wildman–Crippen LogP) is 4.24. The molecule has 2 aromatic rings. The molecule has 1 aromatic carbocycles. The zero-order valence-corrected chi connectivity index (χ0v) is 12.1. The SMILES string of the molecule is NC(COCC(F)(F)F)c1csc2c(Br)cccc12. The average molecular weight is 354 g/mol. The molecule has 0 radical (unpaired) electrons. The Hall–Kier alpha value is -0.630. The van der Waals surface area contributed by atoms with Crippen LogP contribution < -0.4 is 5.73 Å². The first-order valence-corrected chi connectivity index (χ1v) is 7.11. The number of benzene rings is 1. The molecule has 0 bridgehead atoms. The minimum Gasteiger partial charge on any atom is -0.370 e. The number of hydrogen-bond donors (Lipinski definition) is 1. The normalized spacial score (nSPS) is 13.9. The number of rotatable bonds is 4. The van der Waals surface area contributed by atoms with Gasteiger partial charge >= 0.3 is 6.18 Å². The molecule has 1 aromatic heterocycles. The van der Waals surface area contributed by atoms with Crippen molar-refractivity contribution in [1.29, 1.82) is 0 Å². The molecule has 19 heavy (non-hydrogen) atoms. The highest BCUT2D eigenvalue weighted by Gasteiger charge is 2.28. The predicted molar refractivity (Wildman–Crippen MR) is 73.3 cm³/mol. The maximum Gasteiger partial charge on any atom is 0.411 e. The Morgan fingerprint density at radius 1 is 1.37 bits per heavy atom. The highest BCUT2D eigenvalue weighted by Crippen LogP contribution is 2.34. The van der Waals surface area contributed by atoms with Crippen LogP contribution in [0, 0.1) is 0 Å². The molecule has 1 unspecified atom stereocenters. The van der Waals surface area contributed by atoms with Gasteiger partial charge in [0.05, 0.1) is 12.6 Å². The first-order chi connectivity index (χ1) is 8.88. The van der Waals surface area contributed by atoms with Gasteiger partial charge in [0.1, 0.15) is 6.61 Å². The third-order valence-corrected chi connectivity index (χ3v) is 4.51. The summed E-state index contributed by atoms with van der Waals surface area (Å²) in [6, 6.07) is 5.11. The highest BCUT2D eigenvalue weighted by atomic mass is 79.9. The largest absolute Gasteiger partial charge is 0.411 e. The van der Waals surface area contributed by atoms with Crippen LogP contribution in [0.25, 0.3) is 10.1 Å². The van der Waals surface area contributed by atoms with Crippen LogP contribution in [0.15, 0.2) is 28.1 Å². The molecule has 0 aliphatic heterocycles. The van der Waals surface area contributed by atoms with Gasteiger partial charge in [0.25, 0.3) is 0 Å². The van der Waals surface area contributed by atoms with Crippen molar-refractivity contribution in [1.82, 2.24) is 0 Å². The van der Waals surface area contributed by atoms with E-state index in [1.807, 2.05) is 23.6 Å². The second kappa shape index (κ2) is 5.78. The van der Waals surface area contributed by atoms with E-state index in [-0.39, 0.29) is 6.61 Å². The van der Waals surface area contributed by atoms with Gasteiger partial charge in [0, 0.05) is 9.17 Å². The van der Waals surface area contributed by atoms with Crippen LogP contribution in [-0.2, 0) is 4.74 Å². The van der Waals surface area contributed by atoms with Crippen molar-refractivity contribution in [3.63, 3.8) is 0 Å². The summed E-state index contributed by atoms with van der Waals surface area (Å²) < 4.78 is 42.5. The molecule has 0 spiro atoms. The van der Waals surface area contributed by atoms with Gasteiger partial charge in [-0.25, -0.2) is 0 Å². The quantitative estimate of drug-likeness (QED) is 0.891. The van der Waals surface area contributed by atoms with Gasteiger partial charge in [-0.1, -0.05) is 12.1 Å². The summed E-state index contributed by atoms with van der Waals surface area (Å²) in [6.07, 6.45) is -4.32. The molecule has 0 amide bonds. The van der Waals surface area contributed by atoms with E-state index in [0.29, 0.717) is 0 Å². The lowest BCUT2D eigenvalue weighted by Gasteiger charge is -2.13.